The van der Waals surface area contributed by atoms with Crippen LogP contribution in [0.4, 0.5) is 0 Å². The van der Waals surface area contributed by atoms with Gasteiger partial charge in [0.25, 0.3) is 0 Å². The van der Waals surface area contributed by atoms with Crippen molar-refractivity contribution >= 4 is 0 Å². The predicted octanol–water partition coefficient (Wildman–Crippen LogP) is 2.42. The number of aryl methyl sites for hydroxylation is 2. The van der Waals surface area contributed by atoms with Crippen molar-refractivity contribution in [1.29, 1.82) is 0 Å². The molecule has 0 aromatic carbocycles. The molecule has 1 aliphatic rings. The fourth-order valence-corrected chi connectivity index (χ4v) is 3.42. The first-order valence-corrected chi connectivity index (χ1v) is 8.16. The van der Waals surface area contributed by atoms with Gasteiger partial charge in [0.15, 0.2) is 0 Å². The molecular weight excluding hydrogens is 248 g/mol. The molecular formula is C16H30N4. The van der Waals surface area contributed by atoms with Crippen molar-refractivity contribution in [3.05, 3.63) is 17.5 Å². The summed E-state index contributed by atoms with van der Waals surface area (Å²) < 4.78 is 2.15. The maximum atomic E-state index is 4.56. The lowest BCUT2D eigenvalue weighted by atomic mass is 9.90. The Morgan fingerprint density at radius 2 is 2.15 bits per heavy atom. The van der Waals surface area contributed by atoms with Gasteiger partial charge in [-0.3, -0.25) is 9.58 Å². The Hall–Kier alpha value is -0.870. The first kappa shape index (κ1) is 15.5. The third-order valence-electron chi connectivity index (χ3n) is 4.48. The SMILES string of the molecule is CCNC1CCN(Cc2cc(C)nn2CC)CC1CC. The first-order valence-electron chi connectivity index (χ1n) is 8.16. The summed E-state index contributed by atoms with van der Waals surface area (Å²) in [6.07, 6.45) is 2.53. The van der Waals surface area contributed by atoms with Crippen molar-refractivity contribution in [2.75, 3.05) is 19.6 Å². The number of hydrogen-bond acceptors (Lipinski definition) is 3. The average Bonchev–Trinajstić information content (AvgIpc) is 2.80. The molecule has 0 saturated carbocycles. The van der Waals surface area contributed by atoms with Crippen LogP contribution < -0.4 is 5.32 Å². The van der Waals surface area contributed by atoms with E-state index in [0.29, 0.717) is 6.04 Å². The van der Waals surface area contributed by atoms with Crippen LogP contribution in [0.25, 0.3) is 0 Å². The molecule has 2 unspecified atom stereocenters. The molecule has 1 aromatic rings. The molecule has 0 aliphatic carbocycles. The zero-order valence-corrected chi connectivity index (χ0v) is 13.5. The number of likely N-dealkylation sites (tertiary alicyclic amines) is 1. The van der Waals surface area contributed by atoms with Gasteiger partial charge in [0, 0.05) is 32.2 Å². The minimum absolute atomic E-state index is 0.707. The lowest BCUT2D eigenvalue weighted by molar-refractivity contribution is 0.127. The summed E-state index contributed by atoms with van der Waals surface area (Å²) in [6.45, 7) is 14.3. The fraction of sp³-hybridized carbons (Fsp3) is 0.812. The van der Waals surface area contributed by atoms with Crippen LogP contribution in [0.15, 0.2) is 6.07 Å². The molecule has 0 radical (unpaired) electrons. The van der Waals surface area contributed by atoms with Gasteiger partial charge >= 0.3 is 0 Å². The zero-order chi connectivity index (χ0) is 14.5. The highest BCUT2D eigenvalue weighted by Gasteiger charge is 2.27. The molecule has 4 nitrogen and oxygen atoms in total. The van der Waals surface area contributed by atoms with E-state index in [1.54, 1.807) is 0 Å². The number of aromatic nitrogens is 2. The molecule has 1 aliphatic heterocycles. The second kappa shape index (κ2) is 7.23. The molecule has 1 saturated heterocycles. The summed E-state index contributed by atoms with van der Waals surface area (Å²) in [5.41, 5.74) is 2.50. The first-order chi connectivity index (χ1) is 9.67. The fourth-order valence-electron chi connectivity index (χ4n) is 3.42. The summed E-state index contributed by atoms with van der Waals surface area (Å²) in [4.78, 5) is 2.60. The summed E-state index contributed by atoms with van der Waals surface area (Å²) in [5, 5.41) is 8.21. The van der Waals surface area contributed by atoms with Gasteiger partial charge < -0.3 is 5.32 Å². The highest BCUT2D eigenvalue weighted by molar-refractivity contribution is 5.09. The predicted molar refractivity (Wildman–Crippen MR) is 83.8 cm³/mol. The van der Waals surface area contributed by atoms with E-state index in [4.69, 9.17) is 0 Å². The molecule has 2 rings (SSSR count). The summed E-state index contributed by atoms with van der Waals surface area (Å²) in [5.74, 6) is 0.780. The molecule has 1 aromatic heterocycles. The molecule has 114 valence electrons. The van der Waals surface area contributed by atoms with Gasteiger partial charge in [-0.15, -0.1) is 0 Å². The second-order valence-corrected chi connectivity index (χ2v) is 5.95. The normalized spacial score (nSPS) is 24.2. The van der Waals surface area contributed by atoms with Crippen molar-refractivity contribution < 1.29 is 0 Å². The topological polar surface area (TPSA) is 33.1 Å². The van der Waals surface area contributed by atoms with Gasteiger partial charge in [-0.2, -0.15) is 5.10 Å². The molecule has 2 heterocycles. The van der Waals surface area contributed by atoms with Gasteiger partial charge in [0.2, 0.25) is 0 Å². The highest BCUT2D eigenvalue weighted by Crippen LogP contribution is 2.22. The number of piperidine rings is 1. The number of nitrogens with one attached hydrogen (secondary N) is 1. The molecule has 1 N–H and O–H groups in total. The van der Waals surface area contributed by atoms with Crippen molar-refractivity contribution in [2.24, 2.45) is 5.92 Å². The maximum Gasteiger partial charge on any atom is 0.0597 e. The van der Waals surface area contributed by atoms with E-state index in [1.807, 2.05) is 0 Å². The third kappa shape index (κ3) is 3.61. The molecule has 0 spiro atoms. The van der Waals surface area contributed by atoms with Gasteiger partial charge in [-0.25, -0.2) is 0 Å². The van der Waals surface area contributed by atoms with E-state index >= 15 is 0 Å². The Labute approximate surface area is 123 Å². The smallest absolute Gasteiger partial charge is 0.0597 e. The van der Waals surface area contributed by atoms with E-state index in [1.165, 1.54) is 31.6 Å². The average molecular weight is 278 g/mol. The number of rotatable bonds is 6. The third-order valence-corrected chi connectivity index (χ3v) is 4.48. The lowest BCUT2D eigenvalue weighted by Gasteiger charge is -2.38. The van der Waals surface area contributed by atoms with Crippen molar-refractivity contribution in [2.45, 2.75) is 59.7 Å². The van der Waals surface area contributed by atoms with Crippen LogP contribution in [0.3, 0.4) is 0 Å². The van der Waals surface area contributed by atoms with Gasteiger partial charge in [0.05, 0.1) is 11.4 Å². The number of nitrogens with zero attached hydrogens (tertiary/aromatic N) is 3. The van der Waals surface area contributed by atoms with Crippen LogP contribution in [0.2, 0.25) is 0 Å². The van der Waals surface area contributed by atoms with Crippen molar-refractivity contribution in [3.8, 4) is 0 Å². The Morgan fingerprint density at radius 1 is 1.35 bits per heavy atom. The van der Waals surface area contributed by atoms with Crippen LogP contribution in [-0.4, -0.2) is 40.4 Å². The molecule has 0 bridgehead atoms. The Kier molecular flexibility index (Phi) is 5.61. The largest absolute Gasteiger partial charge is 0.314 e. The molecule has 4 heteroatoms. The Balaban J connectivity index is 1.97. The quantitative estimate of drug-likeness (QED) is 0.867. The van der Waals surface area contributed by atoms with E-state index in [2.05, 4.69) is 53.8 Å². The summed E-state index contributed by atoms with van der Waals surface area (Å²) in [7, 11) is 0. The lowest BCUT2D eigenvalue weighted by Crippen LogP contribution is -2.48. The minimum Gasteiger partial charge on any atom is -0.314 e. The number of hydrogen-bond donors (Lipinski definition) is 1. The Bertz CT molecular complexity index is 413. The van der Waals surface area contributed by atoms with Crippen molar-refractivity contribution in [1.82, 2.24) is 20.0 Å². The van der Waals surface area contributed by atoms with Crippen molar-refractivity contribution in [3.63, 3.8) is 0 Å². The monoisotopic (exact) mass is 278 g/mol. The minimum atomic E-state index is 0.707. The molecule has 0 amide bonds. The van der Waals surface area contributed by atoms with Crippen LogP contribution in [-0.2, 0) is 13.1 Å². The Morgan fingerprint density at radius 3 is 2.80 bits per heavy atom. The van der Waals surface area contributed by atoms with Gasteiger partial charge in [-0.05, 0) is 38.8 Å². The maximum absolute atomic E-state index is 4.56. The van der Waals surface area contributed by atoms with E-state index in [9.17, 15) is 0 Å². The van der Waals surface area contributed by atoms with Crippen LogP contribution in [0, 0.1) is 12.8 Å². The standard InChI is InChI=1S/C16H30N4/c1-5-14-11-19(9-8-16(14)17-6-2)12-15-10-13(4)18-20(15)7-3/h10,14,16-17H,5-9,11-12H2,1-4H3. The zero-order valence-electron chi connectivity index (χ0n) is 13.5. The summed E-state index contributed by atoms with van der Waals surface area (Å²) in [6, 6.07) is 2.94. The van der Waals surface area contributed by atoms with Crippen LogP contribution in [0.1, 0.15) is 45.0 Å². The molecule has 1 fully saturated rings. The van der Waals surface area contributed by atoms with E-state index < -0.39 is 0 Å². The summed E-state index contributed by atoms with van der Waals surface area (Å²) >= 11 is 0. The second-order valence-electron chi connectivity index (χ2n) is 5.95. The van der Waals surface area contributed by atoms with E-state index in [0.717, 1.165) is 31.2 Å². The van der Waals surface area contributed by atoms with Crippen LogP contribution >= 0.6 is 0 Å². The molecule has 2 atom stereocenters. The molecule has 20 heavy (non-hydrogen) atoms. The highest BCUT2D eigenvalue weighted by atomic mass is 15.3. The van der Waals surface area contributed by atoms with Gasteiger partial charge in [0.1, 0.15) is 0 Å². The van der Waals surface area contributed by atoms with Crippen LogP contribution in [0.5, 0.6) is 0 Å². The van der Waals surface area contributed by atoms with E-state index in [-0.39, 0.29) is 0 Å². The van der Waals surface area contributed by atoms with Gasteiger partial charge in [-0.1, -0.05) is 20.3 Å².